The molecule has 5 heteroatoms. The monoisotopic (exact) mass is 277 g/mol. The normalized spacial score (nSPS) is 11.2. The summed E-state index contributed by atoms with van der Waals surface area (Å²) in [7, 11) is 0. The van der Waals surface area contributed by atoms with Crippen LogP contribution in [-0.2, 0) is 4.79 Å². The van der Waals surface area contributed by atoms with Gasteiger partial charge in [-0.05, 0) is 25.0 Å². The SMILES string of the molecule is CC(C)c1nc2ccc(OCCCCC(=O)O)cc2o1. The molecule has 0 fully saturated rings. The minimum atomic E-state index is -0.769. The fourth-order valence-corrected chi connectivity index (χ4v) is 1.83. The zero-order valence-corrected chi connectivity index (χ0v) is 11.8. The molecule has 0 saturated heterocycles. The van der Waals surface area contributed by atoms with Crippen LogP contribution in [0.4, 0.5) is 0 Å². The number of carboxylic acids is 1. The number of nitrogens with zero attached hydrogens (tertiary/aromatic N) is 1. The van der Waals surface area contributed by atoms with E-state index in [0.29, 0.717) is 13.0 Å². The van der Waals surface area contributed by atoms with E-state index in [1.54, 1.807) is 0 Å². The van der Waals surface area contributed by atoms with Crippen molar-refractivity contribution in [3.8, 4) is 5.75 Å². The molecule has 2 aromatic rings. The fraction of sp³-hybridized carbons (Fsp3) is 0.467. The largest absolute Gasteiger partial charge is 0.493 e. The number of carbonyl (C=O) groups is 1. The Bertz CT molecular complexity index is 589. The van der Waals surface area contributed by atoms with Gasteiger partial charge in [-0.1, -0.05) is 13.8 Å². The van der Waals surface area contributed by atoms with Crippen LogP contribution in [0.15, 0.2) is 22.6 Å². The summed E-state index contributed by atoms with van der Waals surface area (Å²) in [5, 5.41) is 8.54. The van der Waals surface area contributed by atoms with E-state index < -0.39 is 5.97 Å². The number of benzene rings is 1. The summed E-state index contributed by atoms with van der Waals surface area (Å²) in [5.41, 5.74) is 1.55. The lowest BCUT2D eigenvalue weighted by molar-refractivity contribution is -0.137. The highest BCUT2D eigenvalue weighted by Gasteiger charge is 2.09. The first-order valence-electron chi connectivity index (χ1n) is 6.81. The Morgan fingerprint density at radius 1 is 1.40 bits per heavy atom. The zero-order valence-electron chi connectivity index (χ0n) is 11.8. The van der Waals surface area contributed by atoms with Gasteiger partial charge in [0.15, 0.2) is 11.5 Å². The van der Waals surface area contributed by atoms with Crippen LogP contribution in [0.25, 0.3) is 11.1 Å². The summed E-state index contributed by atoms with van der Waals surface area (Å²) in [4.78, 5) is 14.8. The molecule has 2 rings (SSSR count). The van der Waals surface area contributed by atoms with Crippen LogP contribution < -0.4 is 4.74 Å². The Labute approximate surface area is 117 Å². The Kier molecular flexibility index (Phi) is 4.61. The fourth-order valence-electron chi connectivity index (χ4n) is 1.83. The maximum atomic E-state index is 10.4. The first-order valence-corrected chi connectivity index (χ1v) is 6.81. The average Bonchev–Trinajstić information content (AvgIpc) is 2.81. The predicted octanol–water partition coefficient (Wildman–Crippen LogP) is 3.58. The third-order valence-corrected chi connectivity index (χ3v) is 2.92. The maximum absolute atomic E-state index is 10.4. The number of aliphatic carboxylic acids is 1. The molecule has 0 aliphatic carbocycles. The maximum Gasteiger partial charge on any atom is 0.303 e. The molecule has 0 saturated carbocycles. The molecule has 1 aromatic heterocycles. The molecular weight excluding hydrogens is 258 g/mol. The van der Waals surface area contributed by atoms with Gasteiger partial charge in [-0.25, -0.2) is 4.98 Å². The average molecular weight is 277 g/mol. The summed E-state index contributed by atoms with van der Waals surface area (Å²) in [6.45, 7) is 4.57. The Morgan fingerprint density at radius 3 is 2.90 bits per heavy atom. The summed E-state index contributed by atoms with van der Waals surface area (Å²) in [6, 6.07) is 5.55. The lowest BCUT2D eigenvalue weighted by Gasteiger charge is -2.04. The molecular formula is C15H19NO4. The molecule has 1 heterocycles. The molecule has 0 aliphatic rings. The summed E-state index contributed by atoms with van der Waals surface area (Å²) in [6.07, 6.45) is 1.53. The van der Waals surface area contributed by atoms with Crippen LogP contribution in [0.1, 0.15) is 44.9 Å². The Hall–Kier alpha value is -2.04. The topological polar surface area (TPSA) is 72.6 Å². The molecule has 0 unspecified atom stereocenters. The highest BCUT2D eigenvalue weighted by Crippen LogP contribution is 2.24. The molecule has 0 aliphatic heterocycles. The lowest BCUT2D eigenvalue weighted by atomic mass is 10.2. The van der Waals surface area contributed by atoms with E-state index in [9.17, 15) is 4.79 Å². The van der Waals surface area contributed by atoms with Crippen molar-refractivity contribution < 1.29 is 19.1 Å². The molecule has 0 atom stereocenters. The van der Waals surface area contributed by atoms with Gasteiger partial charge in [0.1, 0.15) is 11.3 Å². The van der Waals surface area contributed by atoms with Crippen molar-refractivity contribution in [2.24, 2.45) is 0 Å². The molecule has 1 N–H and O–H groups in total. The molecule has 108 valence electrons. The van der Waals surface area contributed by atoms with Crippen molar-refractivity contribution >= 4 is 17.1 Å². The van der Waals surface area contributed by atoms with Crippen LogP contribution >= 0.6 is 0 Å². The van der Waals surface area contributed by atoms with E-state index in [2.05, 4.69) is 4.98 Å². The third-order valence-electron chi connectivity index (χ3n) is 2.92. The van der Waals surface area contributed by atoms with Gasteiger partial charge in [0.05, 0.1) is 6.61 Å². The van der Waals surface area contributed by atoms with Gasteiger partial charge in [-0.2, -0.15) is 0 Å². The summed E-state index contributed by atoms with van der Waals surface area (Å²) >= 11 is 0. The van der Waals surface area contributed by atoms with Gasteiger partial charge < -0.3 is 14.3 Å². The molecule has 20 heavy (non-hydrogen) atoms. The van der Waals surface area contributed by atoms with Crippen LogP contribution in [0, 0.1) is 0 Å². The highest BCUT2D eigenvalue weighted by atomic mass is 16.5. The smallest absolute Gasteiger partial charge is 0.303 e. The number of carboxylic acid groups (broad SMARTS) is 1. The van der Waals surface area contributed by atoms with Crippen molar-refractivity contribution in [3.05, 3.63) is 24.1 Å². The van der Waals surface area contributed by atoms with E-state index in [4.69, 9.17) is 14.3 Å². The van der Waals surface area contributed by atoms with Crippen molar-refractivity contribution in [2.45, 2.75) is 39.0 Å². The minimum Gasteiger partial charge on any atom is -0.493 e. The van der Waals surface area contributed by atoms with Gasteiger partial charge in [0.25, 0.3) is 0 Å². The number of aromatic nitrogens is 1. The molecule has 1 aromatic carbocycles. The van der Waals surface area contributed by atoms with E-state index in [-0.39, 0.29) is 12.3 Å². The number of rotatable bonds is 7. The zero-order chi connectivity index (χ0) is 14.5. The highest BCUT2D eigenvalue weighted by molar-refractivity contribution is 5.74. The number of fused-ring (bicyclic) bond motifs is 1. The second kappa shape index (κ2) is 6.41. The van der Waals surface area contributed by atoms with Gasteiger partial charge in [0.2, 0.25) is 0 Å². The van der Waals surface area contributed by atoms with Crippen molar-refractivity contribution in [2.75, 3.05) is 6.61 Å². The Morgan fingerprint density at radius 2 is 2.20 bits per heavy atom. The minimum absolute atomic E-state index is 0.183. The lowest BCUT2D eigenvalue weighted by Crippen LogP contribution is -2.00. The van der Waals surface area contributed by atoms with Crippen LogP contribution in [0.5, 0.6) is 5.75 Å². The molecule has 0 spiro atoms. The van der Waals surface area contributed by atoms with Crippen molar-refractivity contribution in [1.29, 1.82) is 0 Å². The van der Waals surface area contributed by atoms with Crippen molar-refractivity contribution in [1.82, 2.24) is 4.98 Å². The van der Waals surface area contributed by atoms with Crippen LogP contribution in [0.2, 0.25) is 0 Å². The number of ether oxygens (including phenoxy) is 1. The molecule has 0 bridgehead atoms. The van der Waals surface area contributed by atoms with Crippen molar-refractivity contribution in [3.63, 3.8) is 0 Å². The van der Waals surface area contributed by atoms with Gasteiger partial charge in [-0.15, -0.1) is 0 Å². The molecule has 0 amide bonds. The second-order valence-electron chi connectivity index (χ2n) is 5.04. The molecule has 0 radical (unpaired) electrons. The van der Waals surface area contributed by atoms with Crippen LogP contribution in [-0.4, -0.2) is 22.7 Å². The number of hydrogen-bond donors (Lipinski definition) is 1. The number of oxazole rings is 1. The van der Waals surface area contributed by atoms with Gasteiger partial charge >= 0.3 is 5.97 Å². The summed E-state index contributed by atoms with van der Waals surface area (Å²) in [5.74, 6) is 0.926. The number of hydrogen-bond acceptors (Lipinski definition) is 4. The van der Waals surface area contributed by atoms with E-state index >= 15 is 0 Å². The number of unbranched alkanes of at least 4 members (excludes halogenated alkanes) is 1. The van der Waals surface area contributed by atoms with Gasteiger partial charge in [0, 0.05) is 18.4 Å². The quantitative estimate of drug-likeness (QED) is 0.783. The van der Waals surface area contributed by atoms with E-state index in [0.717, 1.165) is 29.2 Å². The first-order chi connectivity index (χ1) is 9.56. The van der Waals surface area contributed by atoms with Crippen LogP contribution in [0.3, 0.4) is 0 Å². The Balaban J connectivity index is 1.92. The van der Waals surface area contributed by atoms with E-state index in [1.165, 1.54) is 0 Å². The predicted molar refractivity (Wildman–Crippen MR) is 75.1 cm³/mol. The summed E-state index contributed by atoms with van der Waals surface area (Å²) < 4.78 is 11.2. The second-order valence-corrected chi connectivity index (χ2v) is 5.04. The van der Waals surface area contributed by atoms with E-state index in [1.807, 2.05) is 32.0 Å². The standard InChI is InChI=1S/C15H19NO4/c1-10(2)15-16-12-7-6-11(9-13(12)20-15)19-8-4-3-5-14(17)18/h6-7,9-10H,3-5,8H2,1-2H3,(H,17,18). The third kappa shape index (κ3) is 3.73. The van der Waals surface area contributed by atoms with Gasteiger partial charge in [-0.3, -0.25) is 4.79 Å². The molecule has 5 nitrogen and oxygen atoms in total. The first kappa shape index (κ1) is 14.4.